The van der Waals surface area contributed by atoms with E-state index >= 15 is 0 Å². The number of ether oxygens (including phenoxy) is 1. The van der Waals surface area contributed by atoms with Gasteiger partial charge in [0.1, 0.15) is 5.82 Å². The van der Waals surface area contributed by atoms with Gasteiger partial charge in [-0.05, 0) is 38.3 Å². The fraction of sp³-hybridized carbons (Fsp3) is 0.588. The van der Waals surface area contributed by atoms with Crippen LogP contribution in [0.2, 0.25) is 0 Å². The summed E-state index contributed by atoms with van der Waals surface area (Å²) in [5.74, 6) is 1.11. The van der Waals surface area contributed by atoms with E-state index in [0.29, 0.717) is 6.61 Å². The van der Waals surface area contributed by atoms with E-state index in [2.05, 4.69) is 15.4 Å². The Labute approximate surface area is 141 Å². The first kappa shape index (κ1) is 15.4. The molecule has 4 heterocycles. The second-order valence-corrected chi connectivity index (χ2v) is 6.73. The molecule has 2 aliphatic heterocycles. The van der Waals surface area contributed by atoms with Crippen LogP contribution >= 0.6 is 0 Å². The molecule has 2 aromatic rings. The topological polar surface area (TPSA) is 71.8 Å². The summed E-state index contributed by atoms with van der Waals surface area (Å²) in [5, 5.41) is 7.98. The molecule has 0 spiro atoms. The predicted molar refractivity (Wildman–Crippen MR) is 89.9 cm³/mol. The second kappa shape index (κ2) is 6.39. The highest BCUT2D eigenvalue weighted by Crippen LogP contribution is 2.21. The van der Waals surface area contributed by atoms with Gasteiger partial charge in [-0.3, -0.25) is 4.79 Å². The van der Waals surface area contributed by atoms with Gasteiger partial charge in [-0.2, -0.15) is 0 Å². The smallest absolute Gasteiger partial charge is 0.228 e. The van der Waals surface area contributed by atoms with E-state index in [9.17, 15) is 4.79 Å². The van der Waals surface area contributed by atoms with E-state index in [4.69, 9.17) is 4.74 Å². The number of aromatic nitrogens is 3. The van der Waals surface area contributed by atoms with Gasteiger partial charge < -0.3 is 15.0 Å². The summed E-state index contributed by atoms with van der Waals surface area (Å²) in [4.78, 5) is 18.9. The lowest BCUT2D eigenvalue weighted by atomic mass is 10.0. The average molecular weight is 329 g/mol. The summed E-state index contributed by atoms with van der Waals surface area (Å²) < 4.78 is 7.23. The van der Waals surface area contributed by atoms with E-state index in [1.165, 1.54) is 0 Å². The summed E-state index contributed by atoms with van der Waals surface area (Å²) in [6.45, 7) is 4.86. The molecule has 0 saturated carbocycles. The number of amides is 1. The van der Waals surface area contributed by atoms with Crippen molar-refractivity contribution in [1.29, 1.82) is 0 Å². The van der Waals surface area contributed by atoms with Crippen LogP contribution in [0, 0.1) is 12.8 Å². The Hall–Kier alpha value is -2.15. The third-order valence-electron chi connectivity index (χ3n) is 4.80. The van der Waals surface area contributed by atoms with Crippen molar-refractivity contribution < 1.29 is 9.53 Å². The summed E-state index contributed by atoms with van der Waals surface area (Å²) in [5.41, 5.74) is 1.80. The summed E-state index contributed by atoms with van der Waals surface area (Å²) in [6.07, 6.45) is 4.79. The largest absolute Gasteiger partial charge is 0.381 e. The highest BCUT2D eigenvalue weighted by molar-refractivity contribution is 5.79. The molecule has 1 N–H and O–H groups in total. The first-order chi connectivity index (χ1) is 11.7. The second-order valence-electron chi connectivity index (χ2n) is 6.73. The standard InChI is InChI=1S/C17H23N5O2/c1-12-9-22-16(18-12)5-4-15(20-22)19-14-6-7-21(10-14)17(23)13-3-2-8-24-11-13/h4-5,9,13-14H,2-3,6-8,10-11H2,1H3,(H,19,20)/t13-,14-/m1/s1. The van der Waals surface area contributed by atoms with Crippen LogP contribution in [0.25, 0.3) is 5.65 Å². The van der Waals surface area contributed by atoms with E-state index < -0.39 is 0 Å². The zero-order chi connectivity index (χ0) is 16.5. The third-order valence-corrected chi connectivity index (χ3v) is 4.80. The Morgan fingerprint density at radius 3 is 3.12 bits per heavy atom. The normalized spacial score (nSPS) is 24.5. The quantitative estimate of drug-likeness (QED) is 0.923. The fourth-order valence-electron chi connectivity index (χ4n) is 3.56. The van der Waals surface area contributed by atoms with Gasteiger partial charge >= 0.3 is 0 Å². The number of aryl methyl sites for hydroxylation is 1. The number of anilines is 1. The minimum absolute atomic E-state index is 0.0425. The van der Waals surface area contributed by atoms with Gasteiger partial charge in [0.05, 0.1) is 24.4 Å². The number of fused-ring (bicyclic) bond motifs is 1. The zero-order valence-electron chi connectivity index (χ0n) is 13.9. The van der Waals surface area contributed by atoms with Crippen LogP contribution in [-0.4, -0.2) is 57.8 Å². The molecule has 2 fully saturated rings. The molecule has 0 bridgehead atoms. The van der Waals surface area contributed by atoms with E-state index in [1.54, 1.807) is 4.52 Å². The van der Waals surface area contributed by atoms with Crippen LogP contribution in [0.1, 0.15) is 25.0 Å². The Morgan fingerprint density at radius 2 is 2.29 bits per heavy atom. The lowest BCUT2D eigenvalue weighted by Gasteiger charge is -2.26. The highest BCUT2D eigenvalue weighted by Gasteiger charge is 2.32. The molecule has 7 nitrogen and oxygen atoms in total. The number of nitrogens with zero attached hydrogens (tertiary/aromatic N) is 4. The Kier molecular flexibility index (Phi) is 4.10. The molecule has 7 heteroatoms. The zero-order valence-corrected chi connectivity index (χ0v) is 13.9. The number of carbonyl (C=O) groups is 1. The van der Waals surface area contributed by atoms with Crippen molar-refractivity contribution in [2.75, 3.05) is 31.6 Å². The first-order valence-corrected chi connectivity index (χ1v) is 8.65. The van der Waals surface area contributed by atoms with E-state index in [-0.39, 0.29) is 17.9 Å². The van der Waals surface area contributed by atoms with Gasteiger partial charge in [0, 0.05) is 25.7 Å². The van der Waals surface area contributed by atoms with Crippen LogP contribution in [0.4, 0.5) is 5.82 Å². The van der Waals surface area contributed by atoms with Crippen molar-refractivity contribution in [3.05, 3.63) is 24.0 Å². The van der Waals surface area contributed by atoms with Crippen molar-refractivity contribution in [1.82, 2.24) is 19.5 Å². The minimum Gasteiger partial charge on any atom is -0.381 e. The maximum absolute atomic E-state index is 12.6. The number of hydrogen-bond acceptors (Lipinski definition) is 5. The number of likely N-dealkylation sites (tertiary alicyclic amines) is 1. The average Bonchev–Trinajstić information content (AvgIpc) is 3.20. The van der Waals surface area contributed by atoms with E-state index in [0.717, 1.165) is 56.1 Å². The number of carbonyl (C=O) groups excluding carboxylic acids is 1. The Morgan fingerprint density at radius 1 is 1.38 bits per heavy atom. The molecule has 2 atom stereocenters. The van der Waals surface area contributed by atoms with Gasteiger partial charge in [0.25, 0.3) is 0 Å². The molecule has 0 aromatic carbocycles. The fourth-order valence-corrected chi connectivity index (χ4v) is 3.56. The molecular formula is C17H23N5O2. The Balaban J connectivity index is 1.38. The molecule has 1 amide bonds. The van der Waals surface area contributed by atoms with Gasteiger partial charge in [-0.25, -0.2) is 9.50 Å². The third kappa shape index (κ3) is 3.08. The number of nitrogens with one attached hydrogen (secondary N) is 1. The van der Waals surface area contributed by atoms with Gasteiger partial charge in [-0.1, -0.05) is 0 Å². The van der Waals surface area contributed by atoms with Crippen molar-refractivity contribution >= 4 is 17.4 Å². The summed E-state index contributed by atoms with van der Waals surface area (Å²) >= 11 is 0. The molecule has 4 rings (SSSR count). The van der Waals surface area contributed by atoms with E-state index in [1.807, 2.05) is 30.2 Å². The van der Waals surface area contributed by atoms with Crippen LogP contribution in [-0.2, 0) is 9.53 Å². The molecular weight excluding hydrogens is 306 g/mol. The maximum atomic E-state index is 12.6. The lowest BCUT2D eigenvalue weighted by Crippen LogP contribution is -2.39. The molecule has 0 unspecified atom stereocenters. The first-order valence-electron chi connectivity index (χ1n) is 8.65. The molecule has 2 aromatic heterocycles. The molecule has 24 heavy (non-hydrogen) atoms. The molecule has 0 aliphatic carbocycles. The molecule has 0 radical (unpaired) electrons. The highest BCUT2D eigenvalue weighted by atomic mass is 16.5. The van der Waals surface area contributed by atoms with Gasteiger partial charge in [0.15, 0.2) is 5.65 Å². The van der Waals surface area contributed by atoms with Crippen molar-refractivity contribution in [2.24, 2.45) is 5.92 Å². The SMILES string of the molecule is Cc1cn2nc(N[C@@H]3CCN(C(=O)[C@@H]4CCCOC4)C3)ccc2n1. The monoisotopic (exact) mass is 329 g/mol. The predicted octanol–water partition coefficient (Wildman–Crippen LogP) is 1.48. The number of hydrogen-bond donors (Lipinski definition) is 1. The maximum Gasteiger partial charge on any atom is 0.228 e. The summed E-state index contributed by atoms with van der Waals surface area (Å²) in [7, 11) is 0. The lowest BCUT2D eigenvalue weighted by molar-refractivity contribution is -0.138. The Bertz CT molecular complexity index is 738. The van der Waals surface area contributed by atoms with Crippen molar-refractivity contribution in [3.8, 4) is 0 Å². The minimum atomic E-state index is 0.0425. The molecule has 128 valence electrons. The van der Waals surface area contributed by atoms with Crippen LogP contribution < -0.4 is 5.32 Å². The van der Waals surface area contributed by atoms with Crippen molar-refractivity contribution in [2.45, 2.75) is 32.2 Å². The van der Waals surface area contributed by atoms with Gasteiger partial charge in [-0.15, -0.1) is 5.10 Å². The van der Waals surface area contributed by atoms with Crippen molar-refractivity contribution in [3.63, 3.8) is 0 Å². The number of rotatable bonds is 3. The molecule has 2 aliphatic rings. The van der Waals surface area contributed by atoms with Crippen LogP contribution in [0.5, 0.6) is 0 Å². The number of imidazole rings is 1. The van der Waals surface area contributed by atoms with Crippen LogP contribution in [0.3, 0.4) is 0 Å². The molecule has 2 saturated heterocycles. The van der Waals surface area contributed by atoms with Gasteiger partial charge in [0.2, 0.25) is 5.91 Å². The van der Waals surface area contributed by atoms with Crippen LogP contribution in [0.15, 0.2) is 18.3 Å². The summed E-state index contributed by atoms with van der Waals surface area (Å²) in [6, 6.07) is 4.15.